The van der Waals surface area contributed by atoms with Crippen LogP contribution in [0.15, 0.2) is 18.2 Å². The van der Waals surface area contributed by atoms with Crippen LogP contribution in [0, 0.1) is 0 Å². The maximum atomic E-state index is 12.8. The Labute approximate surface area is 122 Å². The van der Waals surface area contributed by atoms with E-state index >= 15 is 0 Å². The van der Waals surface area contributed by atoms with Crippen LogP contribution in [0.1, 0.15) is 5.82 Å². The highest BCUT2D eigenvalue weighted by Gasteiger charge is 2.38. The van der Waals surface area contributed by atoms with Gasteiger partial charge in [-0.1, -0.05) is 11.3 Å². The highest BCUT2D eigenvalue weighted by Crippen LogP contribution is 2.32. The summed E-state index contributed by atoms with van der Waals surface area (Å²) in [6.07, 6.45) is -4.59. The van der Waals surface area contributed by atoms with Crippen LogP contribution in [0.2, 0.25) is 0 Å². The molecule has 21 heavy (non-hydrogen) atoms. The second-order valence-electron chi connectivity index (χ2n) is 4.09. The lowest BCUT2D eigenvalue weighted by Gasteiger charge is -2.00. The Balaban J connectivity index is 1.88. The van der Waals surface area contributed by atoms with Gasteiger partial charge in [-0.15, -0.1) is 10.2 Å². The number of rotatable bonds is 1. The molecule has 3 heterocycles. The van der Waals surface area contributed by atoms with Crippen LogP contribution in [0.3, 0.4) is 0 Å². The molecule has 0 fully saturated rings. The predicted molar refractivity (Wildman–Crippen MR) is 70.1 cm³/mol. The van der Waals surface area contributed by atoms with Gasteiger partial charge in [0.2, 0.25) is 4.96 Å². The molecule has 106 valence electrons. The Kier molecular flexibility index (Phi) is 2.50. The summed E-state index contributed by atoms with van der Waals surface area (Å²) in [6, 6.07) is 5.22. The lowest BCUT2D eigenvalue weighted by atomic mass is 10.2. The summed E-state index contributed by atoms with van der Waals surface area (Å²) in [4.78, 5) is 0.0915. The van der Waals surface area contributed by atoms with Crippen molar-refractivity contribution in [3.8, 4) is 10.6 Å². The normalized spacial score (nSPS) is 12.5. The van der Waals surface area contributed by atoms with E-state index in [0.717, 1.165) is 28.6 Å². The van der Waals surface area contributed by atoms with Gasteiger partial charge in [0.15, 0.2) is 0 Å². The minimum Gasteiger partial charge on any atom is -0.178 e. The topological polar surface area (TPSA) is 68.9 Å². The summed E-state index contributed by atoms with van der Waals surface area (Å²) in [5, 5.41) is 11.0. The monoisotopic (exact) mass is 328 g/mol. The number of nitrogens with zero attached hydrogens (tertiary/aromatic N) is 6. The third kappa shape index (κ3) is 1.96. The lowest BCUT2D eigenvalue weighted by molar-refractivity contribution is -0.146. The summed E-state index contributed by atoms with van der Waals surface area (Å²) in [7, 11) is 0. The van der Waals surface area contributed by atoms with Gasteiger partial charge in [0.25, 0.3) is 5.82 Å². The van der Waals surface area contributed by atoms with E-state index in [1.807, 2.05) is 0 Å². The van der Waals surface area contributed by atoms with Gasteiger partial charge in [-0.2, -0.15) is 31.5 Å². The maximum absolute atomic E-state index is 12.8. The quantitative estimate of drug-likeness (QED) is 0.537. The third-order valence-corrected chi connectivity index (χ3v) is 4.25. The van der Waals surface area contributed by atoms with Crippen molar-refractivity contribution in [3.05, 3.63) is 24.0 Å². The van der Waals surface area contributed by atoms with Crippen molar-refractivity contribution >= 4 is 39.1 Å². The number of halogens is 3. The van der Waals surface area contributed by atoms with Crippen molar-refractivity contribution < 1.29 is 13.2 Å². The fraction of sp³-hybridized carbons (Fsp3) is 0.100. The lowest BCUT2D eigenvalue weighted by Crippen LogP contribution is -2.11. The molecular formula is C10H3F3N6S2. The number of hydrogen-bond donors (Lipinski definition) is 0. The Hall–Kier alpha value is -2.14. The van der Waals surface area contributed by atoms with Gasteiger partial charge < -0.3 is 0 Å². The van der Waals surface area contributed by atoms with Crippen molar-refractivity contribution in [2.45, 2.75) is 6.18 Å². The first kappa shape index (κ1) is 12.6. The van der Waals surface area contributed by atoms with Crippen molar-refractivity contribution in [3.63, 3.8) is 0 Å². The minimum absolute atomic E-state index is 0.0915. The average Bonchev–Trinajstić information content (AvgIpc) is 3.10. The second kappa shape index (κ2) is 4.18. The number of fused-ring (bicyclic) bond motifs is 2. The Morgan fingerprint density at radius 1 is 1.05 bits per heavy atom. The fourth-order valence-corrected chi connectivity index (χ4v) is 3.18. The van der Waals surface area contributed by atoms with E-state index in [1.54, 1.807) is 18.2 Å². The zero-order valence-electron chi connectivity index (χ0n) is 9.87. The first-order chi connectivity index (χ1) is 10.0. The van der Waals surface area contributed by atoms with Crippen LogP contribution < -0.4 is 0 Å². The minimum atomic E-state index is -4.59. The molecule has 0 N–H and O–H groups in total. The van der Waals surface area contributed by atoms with Crippen molar-refractivity contribution in [2.24, 2.45) is 0 Å². The Morgan fingerprint density at radius 3 is 2.67 bits per heavy atom. The van der Waals surface area contributed by atoms with Crippen molar-refractivity contribution in [1.29, 1.82) is 0 Å². The molecule has 0 saturated heterocycles. The van der Waals surface area contributed by atoms with Crippen LogP contribution in [0.5, 0.6) is 0 Å². The van der Waals surface area contributed by atoms with Gasteiger partial charge in [-0.3, -0.25) is 0 Å². The summed E-state index contributed by atoms with van der Waals surface area (Å²) < 4.78 is 47.1. The summed E-state index contributed by atoms with van der Waals surface area (Å²) >= 11 is 2.11. The Bertz CT molecular complexity index is 953. The predicted octanol–water partition coefficient (Wildman–Crippen LogP) is 2.88. The molecule has 0 aliphatic carbocycles. The van der Waals surface area contributed by atoms with E-state index in [4.69, 9.17) is 0 Å². The summed E-state index contributed by atoms with van der Waals surface area (Å²) in [5.74, 6) is -1.13. The molecule has 0 atom stereocenters. The molecule has 4 rings (SSSR count). The van der Waals surface area contributed by atoms with Gasteiger partial charge in [0.1, 0.15) is 16.0 Å². The largest absolute Gasteiger partial charge is 0.453 e. The molecule has 0 spiro atoms. The smallest absolute Gasteiger partial charge is 0.178 e. The molecule has 4 aromatic rings. The number of hydrogen-bond acceptors (Lipinski definition) is 7. The first-order valence-electron chi connectivity index (χ1n) is 5.54. The number of aromatic nitrogens is 6. The molecule has 11 heteroatoms. The second-order valence-corrected chi connectivity index (χ2v) is 5.58. The summed E-state index contributed by atoms with van der Waals surface area (Å²) in [6.45, 7) is 0. The van der Waals surface area contributed by atoms with Gasteiger partial charge >= 0.3 is 6.18 Å². The maximum Gasteiger partial charge on any atom is 0.453 e. The molecular weight excluding hydrogens is 325 g/mol. The van der Waals surface area contributed by atoms with E-state index in [9.17, 15) is 13.2 Å². The van der Waals surface area contributed by atoms with E-state index < -0.39 is 12.0 Å². The SMILES string of the molecule is FC(F)(F)c1nnc2sc(-c3ccc4nsnc4c3)nn12. The average molecular weight is 328 g/mol. The van der Waals surface area contributed by atoms with Crippen LogP contribution in [-0.4, -0.2) is 28.6 Å². The zero-order chi connectivity index (χ0) is 14.6. The molecule has 0 saturated carbocycles. The van der Waals surface area contributed by atoms with Crippen LogP contribution in [0.25, 0.3) is 26.6 Å². The van der Waals surface area contributed by atoms with E-state index in [1.165, 1.54) is 0 Å². The first-order valence-corrected chi connectivity index (χ1v) is 7.09. The van der Waals surface area contributed by atoms with Gasteiger partial charge in [-0.25, -0.2) is 0 Å². The molecule has 1 aromatic carbocycles. The Morgan fingerprint density at radius 2 is 1.86 bits per heavy atom. The molecule has 0 unspecified atom stereocenters. The van der Waals surface area contributed by atoms with Crippen molar-refractivity contribution in [1.82, 2.24) is 28.6 Å². The van der Waals surface area contributed by atoms with Gasteiger partial charge in [-0.05, 0) is 18.2 Å². The van der Waals surface area contributed by atoms with E-state index in [2.05, 4.69) is 24.0 Å². The van der Waals surface area contributed by atoms with E-state index in [0.29, 0.717) is 20.6 Å². The molecule has 6 nitrogen and oxygen atoms in total. The van der Waals surface area contributed by atoms with Crippen LogP contribution >= 0.6 is 23.1 Å². The molecule has 0 aliphatic heterocycles. The number of alkyl halides is 3. The zero-order valence-corrected chi connectivity index (χ0v) is 11.5. The third-order valence-electron chi connectivity index (χ3n) is 2.75. The number of benzene rings is 1. The van der Waals surface area contributed by atoms with Gasteiger partial charge in [0.05, 0.1) is 11.7 Å². The summed E-state index contributed by atoms with van der Waals surface area (Å²) in [5.41, 5.74) is 2.08. The molecule has 3 aromatic heterocycles. The highest BCUT2D eigenvalue weighted by atomic mass is 32.1. The molecule has 0 amide bonds. The van der Waals surface area contributed by atoms with Crippen LogP contribution in [0.4, 0.5) is 13.2 Å². The molecule has 0 bridgehead atoms. The fourth-order valence-electron chi connectivity index (χ4n) is 1.83. The van der Waals surface area contributed by atoms with E-state index in [-0.39, 0.29) is 4.96 Å². The molecule has 0 aliphatic rings. The van der Waals surface area contributed by atoms with Crippen molar-refractivity contribution in [2.75, 3.05) is 0 Å². The van der Waals surface area contributed by atoms with Gasteiger partial charge in [0, 0.05) is 5.56 Å². The standard InChI is InChI=1S/C10H3F3N6S2/c11-10(12,13)8-14-15-9-19(8)16-7(20-9)4-1-2-5-6(3-4)18-21-17-5/h1-3H. The van der Waals surface area contributed by atoms with Crippen LogP contribution in [-0.2, 0) is 6.18 Å². The molecule has 0 radical (unpaired) electrons. The highest BCUT2D eigenvalue weighted by molar-refractivity contribution is 7.19.